The Morgan fingerprint density at radius 1 is 1.22 bits per heavy atom. The van der Waals surface area contributed by atoms with Gasteiger partial charge in [-0.2, -0.15) is 0 Å². The number of nitrogens with zero attached hydrogens (tertiary/aromatic N) is 3. The lowest BCUT2D eigenvalue weighted by Crippen LogP contribution is -2.32. The van der Waals surface area contributed by atoms with Crippen LogP contribution in [0.4, 0.5) is 4.39 Å². The number of rotatable bonds is 3. The fourth-order valence-corrected chi connectivity index (χ4v) is 2.94. The molecule has 0 fully saturated rings. The highest BCUT2D eigenvalue weighted by molar-refractivity contribution is 7.11. The Bertz CT molecular complexity index is 965. The van der Waals surface area contributed by atoms with Gasteiger partial charge in [-0.3, -0.25) is 0 Å². The Kier molecular flexibility index (Phi) is 6.05. The van der Waals surface area contributed by atoms with E-state index < -0.39 is 17.7 Å². The Morgan fingerprint density at radius 2 is 2.04 bits per heavy atom. The molecule has 7 nitrogen and oxygen atoms in total. The molecular formula is C18H19FN6OS. The van der Waals surface area contributed by atoms with Crippen molar-refractivity contribution in [1.29, 1.82) is 0 Å². The summed E-state index contributed by atoms with van der Waals surface area (Å²) in [6, 6.07) is 4.80. The molecule has 1 unspecified atom stereocenters. The highest BCUT2D eigenvalue weighted by atomic mass is 32.1. The molecule has 27 heavy (non-hydrogen) atoms. The standard InChI is InChI=1S/C15H11FN6OS.C3H8/c16-11-5-8(9-6-18-15(23)19-7-9)1-2-10(11)12-20-13(22-21-12)14-17-3-4-24-14;1-3-2/h1-7,12,21H,(H,20,22)(H,18,19,23);3H2,1-2H3. The summed E-state index contributed by atoms with van der Waals surface area (Å²) in [4.78, 5) is 25.7. The minimum atomic E-state index is -0.536. The zero-order chi connectivity index (χ0) is 19.2. The van der Waals surface area contributed by atoms with E-state index in [9.17, 15) is 9.18 Å². The molecule has 0 amide bonds. The molecule has 1 atom stereocenters. The SMILES string of the molecule is CCC.O=c1ncc(-c2ccc(C3N=C(c4nccs4)NN3)c(F)c2)c[nH]1. The van der Waals surface area contributed by atoms with E-state index in [0.29, 0.717) is 22.5 Å². The van der Waals surface area contributed by atoms with Gasteiger partial charge in [0.25, 0.3) is 0 Å². The van der Waals surface area contributed by atoms with Crippen molar-refractivity contribution in [2.24, 2.45) is 4.99 Å². The van der Waals surface area contributed by atoms with Gasteiger partial charge in [-0.15, -0.1) is 11.3 Å². The van der Waals surface area contributed by atoms with E-state index in [4.69, 9.17) is 0 Å². The number of halogens is 1. The molecule has 2 aromatic heterocycles. The van der Waals surface area contributed by atoms with Crippen LogP contribution in [0, 0.1) is 5.82 Å². The first-order valence-electron chi connectivity index (χ1n) is 8.46. The third-order valence-electron chi connectivity index (χ3n) is 3.52. The van der Waals surface area contributed by atoms with Crippen LogP contribution in [0.2, 0.25) is 0 Å². The molecule has 1 aliphatic heterocycles. The number of H-pyrrole nitrogens is 1. The zero-order valence-corrected chi connectivity index (χ0v) is 15.7. The van der Waals surface area contributed by atoms with Crippen LogP contribution in [-0.4, -0.2) is 20.8 Å². The average Bonchev–Trinajstić information content (AvgIpc) is 3.35. The molecule has 0 bridgehead atoms. The van der Waals surface area contributed by atoms with E-state index >= 15 is 0 Å². The second kappa shape index (κ2) is 8.65. The second-order valence-corrected chi connectivity index (χ2v) is 6.63. The summed E-state index contributed by atoms with van der Waals surface area (Å²) in [6.45, 7) is 4.25. The summed E-state index contributed by atoms with van der Waals surface area (Å²) in [7, 11) is 0. The van der Waals surface area contributed by atoms with E-state index in [2.05, 4.69) is 44.6 Å². The summed E-state index contributed by atoms with van der Waals surface area (Å²) in [5.41, 5.74) is 7.07. The van der Waals surface area contributed by atoms with Gasteiger partial charge < -0.3 is 10.4 Å². The number of hydrogen-bond acceptors (Lipinski definition) is 7. The Balaban J connectivity index is 0.000000659. The van der Waals surface area contributed by atoms with Crippen LogP contribution in [0.3, 0.4) is 0 Å². The van der Waals surface area contributed by atoms with Gasteiger partial charge in [0.05, 0.1) is 0 Å². The van der Waals surface area contributed by atoms with Gasteiger partial charge in [0.1, 0.15) is 12.0 Å². The smallest absolute Gasteiger partial charge is 0.312 e. The van der Waals surface area contributed by atoms with Crippen LogP contribution < -0.4 is 16.5 Å². The molecule has 9 heteroatoms. The van der Waals surface area contributed by atoms with Gasteiger partial charge in [-0.1, -0.05) is 32.4 Å². The molecular weight excluding hydrogens is 367 g/mol. The maximum atomic E-state index is 14.5. The van der Waals surface area contributed by atoms with Crippen molar-refractivity contribution in [2.45, 2.75) is 26.4 Å². The fourth-order valence-electron chi connectivity index (χ4n) is 2.36. The van der Waals surface area contributed by atoms with E-state index in [1.54, 1.807) is 18.3 Å². The van der Waals surface area contributed by atoms with Gasteiger partial charge in [0, 0.05) is 35.1 Å². The van der Waals surface area contributed by atoms with Crippen molar-refractivity contribution in [3.63, 3.8) is 0 Å². The summed E-state index contributed by atoms with van der Waals surface area (Å²) >= 11 is 1.45. The number of aromatic amines is 1. The molecule has 1 aliphatic rings. The number of nitrogens with one attached hydrogen (secondary N) is 3. The predicted octanol–water partition coefficient (Wildman–Crippen LogP) is 3.00. The molecule has 0 radical (unpaired) electrons. The molecule has 0 spiro atoms. The lowest BCUT2D eigenvalue weighted by Gasteiger charge is -2.10. The largest absolute Gasteiger partial charge is 0.344 e. The summed E-state index contributed by atoms with van der Waals surface area (Å²) in [5.74, 6) is 0.186. The first-order valence-corrected chi connectivity index (χ1v) is 9.34. The number of amidine groups is 1. The first-order chi connectivity index (χ1) is 13.1. The Labute approximate surface area is 159 Å². The third kappa shape index (κ3) is 4.44. The Morgan fingerprint density at radius 3 is 2.67 bits per heavy atom. The zero-order valence-electron chi connectivity index (χ0n) is 14.9. The molecule has 3 aromatic rings. The van der Waals surface area contributed by atoms with Crippen molar-refractivity contribution in [3.05, 3.63) is 69.0 Å². The molecule has 140 valence electrons. The van der Waals surface area contributed by atoms with Crippen LogP contribution in [0.1, 0.15) is 37.0 Å². The lowest BCUT2D eigenvalue weighted by atomic mass is 10.0. The maximum absolute atomic E-state index is 14.5. The number of hydrazine groups is 1. The van der Waals surface area contributed by atoms with E-state index in [0.717, 1.165) is 5.01 Å². The average molecular weight is 386 g/mol. The van der Waals surface area contributed by atoms with Crippen LogP contribution in [0.5, 0.6) is 0 Å². The molecule has 0 saturated carbocycles. The number of aliphatic imine (C=N–C) groups is 1. The number of thiazole rings is 1. The molecule has 3 N–H and O–H groups in total. The minimum absolute atomic E-state index is 0.401. The number of hydrogen-bond donors (Lipinski definition) is 3. The monoisotopic (exact) mass is 386 g/mol. The quantitative estimate of drug-likeness (QED) is 0.643. The molecule has 0 saturated heterocycles. The van der Waals surface area contributed by atoms with Crippen molar-refractivity contribution in [1.82, 2.24) is 25.8 Å². The minimum Gasteiger partial charge on any atom is -0.312 e. The van der Waals surface area contributed by atoms with Gasteiger partial charge in [0.15, 0.2) is 10.8 Å². The van der Waals surface area contributed by atoms with Crippen molar-refractivity contribution in [3.8, 4) is 11.1 Å². The maximum Gasteiger partial charge on any atom is 0.344 e. The molecule has 3 heterocycles. The topological polar surface area (TPSA) is 95.1 Å². The summed E-state index contributed by atoms with van der Waals surface area (Å²) < 4.78 is 14.5. The van der Waals surface area contributed by atoms with Crippen molar-refractivity contribution in [2.75, 3.05) is 0 Å². The van der Waals surface area contributed by atoms with Crippen LogP contribution in [0.25, 0.3) is 11.1 Å². The van der Waals surface area contributed by atoms with Crippen molar-refractivity contribution < 1.29 is 4.39 Å². The lowest BCUT2D eigenvalue weighted by molar-refractivity contribution is 0.528. The predicted molar refractivity (Wildman–Crippen MR) is 104 cm³/mol. The highest BCUT2D eigenvalue weighted by Crippen LogP contribution is 2.26. The van der Waals surface area contributed by atoms with E-state index in [-0.39, 0.29) is 0 Å². The molecule has 1 aromatic carbocycles. The summed E-state index contributed by atoms with van der Waals surface area (Å²) in [6.07, 6.45) is 5.30. The van der Waals surface area contributed by atoms with E-state index in [1.165, 1.54) is 36.2 Å². The van der Waals surface area contributed by atoms with E-state index in [1.807, 2.05) is 5.38 Å². The second-order valence-electron chi connectivity index (χ2n) is 5.74. The van der Waals surface area contributed by atoms with Crippen molar-refractivity contribution >= 4 is 17.2 Å². The van der Waals surface area contributed by atoms with Gasteiger partial charge >= 0.3 is 5.69 Å². The Hall–Kier alpha value is -2.91. The molecule has 4 rings (SSSR count). The van der Waals surface area contributed by atoms with Crippen LogP contribution in [0.15, 0.2) is 52.0 Å². The van der Waals surface area contributed by atoms with Gasteiger partial charge in [-0.05, 0) is 11.6 Å². The van der Waals surface area contributed by atoms with Gasteiger partial charge in [0.2, 0.25) is 0 Å². The summed E-state index contributed by atoms with van der Waals surface area (Å²) in [5, 5.41) is 2.59. The van der Waals surface area contributed by atoms with Crippen LogP contribution >= 0.6 is 11.3 Å². The van der Waals surface area contributed by atoms with Gasteiger partial charge in [-0.25, -0.2) is 29.6 Å². The van der Waals surface area contributed by atoms with Crippen LogP contribution in [-0.2, 0) is 0 Å². The molecule has 0 aliphatic carbocycles. The fraction of sp³-hybridized carbons (Fsp3) is 0.222. The number of benzene rings is 1. The normalized spacial score (nSPS) is 15.5. The third-order valence-corrected chi connectivity index (χ3v) is 4.30. The highest BCUT2D eigenvalue weighted by Gasteiger charge is 2.23. The first kappa shape index (κ1) is 18.9. The number of aromatic nitrogens is 3.